The van der Waals surface area contributed by atoms with E-state index in [4.69, 9.17) is 11.6 Å². The predicted molar refractivity (Wildman–Crippen MR) is 94.0 cm³/mol. The molecule has 1 atom stereocenters. The van der Waals surface area contributed by atoms with E-state index in [2.05, 4.69) is 30.7 Å². The van der Waals surface area contributed by atoms with Crippen molar-refractivity contribution in [3.63, 3.8) is 0 Å². The smallest absolute Gasteiger partial charge is 0.328 e. The summed E-state index contributed by atoms with van der Waals surface area (Å²) in [6.07, 6.45) is -0.215. The zero-order chi connectivity index (χ0) is 20.3. The van der Waals surface area contributed by atoms with Crippen molar-refractivity contribution in [1.82, 2.24) is 30.0 Å². The molecule has 28 heavy (non-hydrogen) atoms. The number of nitrogens with zero attached hydrogens (tertiary/aromatic N) is 5. The number of aromatic nitrogens is 5. The molecule has 0 spiro atoms. The number of hydrogen-bond acceptors (Lipinski definition) is 5. The van der Waals surface area contributed by atoms with Crippen LogP contribution in [0.5, 0.6) is 0 Å². The molecule has 0 aliphatic heterocycles. The molecule has 146 valence electrons. The molecule has 0 unspecified atom stereocenters. The van der Waals surface area contributed by atoms with Gasteiger partial charge in [0.2, 0.25) is 0 Å². The van der Waals surface area contributed by atoms with E-state index >= 15 is 0 Å². The van der Waals surface area contributed by atoms with Crippen molar-refractivity contribution in [3.8, 4) is 5.95 Å². The lowest BCUT2D eigenvalue weighted by molar-refractivity contribution is -0.137. The van der Waals surface area contributed by atoms with Crippen LogP contribution in [0.1, 0.15) is 24.4 Å². The van der Waals surface area contributed by atoms with Crippen LogP contribution >= 0.6 is 11.6 Å². The maximum absolute atomic E-state index is 12.7. The molecule has 0 aliphatic rings. The summed E-state index contributed by atoms with van der Waals surface area (Å²) in [5, 5.41) is 8.55. The SMILES string of the molecule is C[C@H](NC(=O)Nc1ccc(C(F)(F)F)c(Cl)c1)c1ncnn1-c1ncccn1. The molecule has 2 heterocycles. The van der Waals surface area contributed by atoms with Crippen LogP contribution in [0, 0.1) is 0 Å². The molecule has 2 N–H and O–H groups in total. The summed E-state index contributed by atoms with van der Waals surface area (Å²) >= 11 is 5.65. The number of nitrogens with one attached hydrogen (secondary N) is 2. The Morgan fingerprint density at radius 2 is 1.93 bits per heavy atom. The summed E-state index contributed by atoms with van der Waals surface area (Å²) in [4.78, 5) is 24.4. The number of carbonyl (C=O) groups is 1. The quantitative estimate of drug-likeness (QED) is 0.683. The lowest BCUT2D eigenvalue weighted by Crippen LogP contribution is -2.32. The number of rotatable bonds is 4. The lowest BCUT2D eigenvalue weighted by Gasteiger charge is -2.15. The molecule has 1 aromatic carbocycles. The van der Waals surface area contributed by atoms with Crippen LogP contribution in [0.3, 0.4) is 0 Å². The molecular weight excluding hydrogens is 399 g/mol. The standard InChI is InChI=1S/C16H13ClF3N7O/c1-9(13-23-8-24-27(13)14-21-5-2-6-22-14)25-15(28)26-10-3-4-11(12(17)7-10)16(18,19)20/h2-9H,1H3,(H2,25,26,28)/t9-/m0/s1. The third kappa shape index (κ3) is 4.36. The van der Waals surface area contributed by atoms with Gasteiger partial charge in [-0.15, -0.1) is 0 Å². The number of benzene rings is 1. The Labute approximate surface area is 161 Å². The average Bonchev–Trinajstić information content (AvgIpc) is 3.11. The largest absolute Gasteiger partial charge is 0.417 e. The first-order chi connectivity index (χ1) is 13.3. The monoisotopic (exact) mass is 411 g/mol. The molecule has 0 fully saturated rings. The van der Waals surface area contributed by atoms with Crippen molar-refractivity contribution in [2.24, 2.45) is 0 Å². The zero-order valence-corrected chi connectivity index (χ0v) is 15.0. The average molecular weight is 412 g/mol. The second-order valence-electron chi connectivity index (χ2n) is 5.59. The number of hydrogen-bond donors (Lipinski definition) is 2. The summed E-state index contributed by atoms with van der Waals surface area (Å²) in [6, 6.07) is 3.31. The minimum absolute atomic E-state index is 0.107. The molecule has 12 heteroatoms. The molecule has 0 saturated carbocycles. The summed E-state index contributed by atoms with van der Waals surface area (Å²) in [5.74, 6) is 0.644. The summed E-state index contributed by atoms with van der Waals surface area (Å²) < 4.78 is 39.6. The Bertz CT molecular complexity index is 978. The minimum Gasteiger partial charge on any atom is -0.328 e. The topological polar surface area (TPSA) is 97.6 Å². The number of alkyl halides is 3. The molecule has 0 radical (unpaired) electrons. The van der Waals surface area contributed by atoms with Gasteiger partial charge in [-0.2, -0.15) is 23.0 Å². The normalized spacial score (nSPS) is 12.5. The Kier molecular flexibility index (Phi) is 5.45. The Balaban J connectivity index is 1.69. The zero-order valence-electron chi connectivity index (χ0n) is 14.3. The minimum atomic E-state index is -4.57. The van der Waals surface area contributed by atoms with Crippen LogP contribution in [-0.4, -0.2) is 30.8 Å². The van der Waals surface area contributed by atoms with E-state index < -0.39 is 28.8 Å². The van der Waals surface area contributed by atoms with E-state index in [0.717, 1.165) is 18.2 Å². The van der Waals surface area contributed by atoms with Crippen LogP contribution in [0.2, 0.25) is 5.02 Å². The van der Waals surface area contributed by atoms with Gasteiger partial charge >= 0.3 is 12.2 Å². The molecular formula is C16H13ClF3N7O. The fourth-order valence-electron chi connectivity index (χ4n) is 2.35. The first-order valence-electron chi connectivity index (χ1n) is 7.87. The van der Waals surface area contributed by atoms with Crippen LogP contribution in [0.4, 0.5) is 23.7 Å². The van der Waals surface area contributed by atoms with Gasteiger partial charge in [0.1, 0.15) is 6.33 Å². The Morgan fingerprint density at radius 1 is 1.21 bits per heavy atom. The van der Waals surface area contributed by atoms with Gasteiger partial charge in [0.05, 0.1) is 16.6 Å². The van der Waals surface area contributed by atoms with E-state index in [1.54, 1.807) is 13.0 Å². The highest BCUT2D eigenvalue weighted by molar-refractivity contribution is 6.31. The van der Waals surface area contributed by atoms with Gasteiger partial charge in [-0.1, -0.05) is 11.6 Å². The molecule has 0 saturated heterocycles. The molecule has 0 aliphatic carbocycles. The van der Waals surface area contributed by atoms with Gasteiger partial charge in [-0.05, 0) is 31.2 Å². The van der Waals surface area contributed by atoms with Gasteiger partial charge in [-0.25, -0.2) is 19.7 Å². The third-order valence-electron chi connectivity index (χ3n) is 3.58. The molecule has 2 aromatic heterocycles. The fraction of sp³-hybridized carbons (Fsp3) is 0.188. The number of amides is 2. The van der Waals surface area contributed by atoms with E-state index in [9.17, 15) is 18.0 Å². The van der Waals surface area contributed by atoms with Gasteiger partial charge in [0.15, 0.2) is 5.82 Å². The van der Waals surface area contributed by atoms with Gasteiger partial charge in [0, 0.05) is 18.1 Å². The van der Waals surface area contributed by atoms with Crippen LogP contribution in [0.25, 0.3) is 5.95 Å². The predicted octanol–water partition coefficient (Wildman–Crippen LogP) is 3.61. The summed E-state index contributed by atoms with van der Waals surface area (Å²) in [7, 11) is 0. The maximum Gasteiger partial charge on any atom is 0.417 e. The summed E-state index contributed by atoms with van der Waals surface area (Å²) in [5.41, 5.74) is -0.875. The number of urea groups is 1. The van der Waals surface area contributed by atoms with Crippen molar-refractivity contribution in [2.75, 3.05) is 5.32 Å². The van der Waals surface area contributed by atoms with E-state index in [0.29, 0.717) is 5.82 Å². The van der Waals surface area contributed by atoms with Crippen molar-refractivity contribution < 1.29 is 18.0 Å². The van der Waals surface area contributed by atoms with Gasteiger partial charge < -0.3 is 10.6 Å². The number of halogens is 4. The molecule has 2 amide bonds. The van der Waals surface area contributed by atoms with Crippen LogP contribution in [-0.2, 0) is 6.18 Å². The highest BCUT2D eigenvalue weighted by Gasteiger charge is 2.33. The molecule has 0 bridgehead atoms. The Morgan fingerprint density at radius 3 is 2.57 bits per heavy atom. The Hall–Kier alpha value is -3.21. The second-order valence-corrected chi connectivity index (χ2v) is 6.00. The molecule has 3 rings (SSSR count). The first kappa shape index (κ1) is 19.5. The van der Waals surface area contributed by atoms with E-state index in [1.165, 1.54) is 23.4 Å². The highest BCUT2D eigenvalue weighted by atomic mass is 35.5. The molecule has 3 aromatic rings. The van der Waals surface area contributed by atoms with Crippen LogP contribution < -0.4 is 10.6 Å². The van der Waals surface area contributed by atoms with Crippen molar-refractivity contribution in [2.45, 2.75) is 19.1 Å². The maximum atomic E-state index is 12.7. The lowest BCUT2D eigenvalue weighted by atomic mass is 10.2. The van der Waals surface area contributed by atoms with Crippen LogP contribution in [0.15, 0.2) is 43.0 Å². The van der Waals surface area contributed by atoms with E-state index in [1.807, 2.05) is 0 Å². The van der Waals surface area contributed by atoms with Gasteiger partial charge in [-0.3, -0.25) is 0 Å². The van der Waals surface area contributed by atoms with Crippen molar-refractivity contribution in [1.29, 1.82) is 0 Å². The number of carbonyl (C=O) groups excluding carboxylic acids is 1. The van der Waals surface area contributed by atoms with Crippen molar-refractivity contribution >= 4 is 23.3 Å². The highest BCUT2D eigenvalue weighted by Crippen LogP contribution is 2.35. The van der Waals surface area contributed by atoms with E-state index in [-0.39, 0.29) is 11.6 Å². The first-order valence-corrected chi connectivity index (χ1v) is 8.25. The summed E-state index contributed by atoms with van der Waals surface area (Å²) in [6.45, 7) is 1.66. The van der Waals surface area contributed by atoms with Crippen molar-refractivity contribution in [3.05, 3.63) is 59.4 Å². The second kappa shape index (κ2) is 7.80. The third-order valence-corrected chi connectivity index (χ3v) is 3.90. The fourth-order valence-corrected chi connectivity index (χ4v) is 2.64. The number of anilines is 1. The molecule has 8 nitrogen and oxygen atoms in total. The van der Waals surface area contributed by atoms with Gasteiger partial charge in [0.25, 0.3) is 5.95 Å².